The predicted molar refractivity (Wildman–Crippen MR) is 190 cm³/mol. The lowest BCUT2D eigenvalue weighted by molar-refractivity contribution is -0.137. The molecule has 272 valence electrons. The molecule has 0 unspecified atom stereocenters. The molecule has 0 radical (unpaired) electrons. The topological polar surface area (TPSA) is 140 Å². The van der Waals surface area contributed by atoms with Gasteiger partial charge >= 0.3 is 6.18 Å². The molecule has 0 spiro atoms. The molecule has 13 nitrogen and oxygen atoms in total. The fourth-order valence-electron chi connectivity index (χ4n) is 6.14. The molecule has 0 bridgehead atoms. The smallest absolute Gasteiger partial charge is 0.416 e. The number of hydrogen-bond acceptors (Lipinski definition) is 9. The number of fused-ring (bicyclic) bond motifs is 1. The molecule has 2 amide bonds. The summed E-state index contributed by atoms with van der Waals surface area (Å²) in [5.74, 6) is -0.598. The van der Waals surface area contributed by atoms with Gasteiger partial charge in [-0.15, -0.1) is 5.10 Å². The van der Waals surface area contributed by atoms with Crippen molar-refractivity contribution in [2.75, 3.05) is 29.9 Å². The second-order valence-corrected chi connectivity index (χ2v) is 13.2. The Bertz CT molecular complexity index is 2210. The van der Waals surface area contributed by atoms with Gasteiger partial charge in [-0.05, 0) is 60.0 Å². The SMILES string of the molecule is CCc1c(N2CCN(C(=O)c3ncnc(C)c3OCc3ccccc3)C[C@@H]2C)c(=O)n2nc(Br)nc2n1CC(=O)Nc1ccc(C(F)(F)F)cc1Cl. The molecule has 0 saturated carbocycles. The third-order valence-electron chi connectivity index (χ3n) is 8.62. The molecular weight excluding hydrogens is 771 g/mol. The van der Waals surface area contributed by atoms with Crippen LogP contribution in [0.2, 0.25) is 5.02 Å². The Balaban J connectivity index is 1.26. The van der Waals surface area contributed by atoms with Gasteiger partial charge < -0.3 is 24.4 Å². The minimum atomic E-state index is -4.61. The van der Waals surface area contributed by atoms with Crippen molar-refractivity contribution in [1.82, 2.24) is 34.0 Å². The molecule has 1 fully saturated rings. The summed E-state index contributed by atoms with van der Waals surface area (Å²) < 4.78 is 48.3. The van der Waals surface area contributed by atoms with Crippen LogP contribution >= 0.6 is 27.5 Å². The molecule has 4 heterocycles. The molecule has 2 aromatic carbocycles. The average molecular weight is 803 g/mol. The summed E-state index contributed by atoms with van der Waals surface area (Å²) in [7, 11) is 0. The number of amides is 2. The van der Waals surface area contributed by atoms with Crippen molar-refractivity contribution >= 4 is 56.5 Å². The number of benzene rings is 2. The highest BCUT2D eigenvalue weighted by Gasteiger charge is 2.35. The maximum absolute atomic E-state index is 14.0. The first-order valence-electron chi connectivity index (χ1n) is 16.2. The second-order valence-electron chi connectivity index (χ2n) is 12.1. The van der Waals surface area contributed by atoms with E-state index in [0.717, 1.165) is 28.3 Å². The number of anilines is 2. The zero-order valence-corrected chi connectivity index (χ0v) is 30.5. The van der Waals surface area contributed by atoms with Crippen LogP contribution in [0.1, 0.15) is 46.9 Å². The van der Waals surface area contributed by atoms with Crippen molar-refractivity contribution in [1.29, 1.82) is 0 Å². The molecule has 1 atom stereocenters. The van der Waals surface area contributed by atoms with Gasteiger partial charge in [0, 0.05) is 25.7 Å². The van der Waals surface area contributed by atoms with Gasteiger partial charge in [0.25, 0.3) is 11.5 Å². The Labute approximate surface area is 308 Å². The van der Waals surface area contributed by atoms with Crippen molar-refractivity contribution < 1.29 is 27.5 Å². The Morgan fingerprint density at radius 2 is 1.87 bits per heavy atom. The number of alkyl halides is 3. The average Bonchev–Trinajstić information content (AvgIpc) is 3.51. The summed E-state index contributed by atoms with van der Waals surface area (Å²) in [6.07, 6.45) is -2.99. The normalized spacial score (nSPS) is 14.9. The Morgan fingerprint density at radius 1 is 1.12 bits per heavy atom. The first kappa shape index (κ1) is 36.8. The standard InChI is InChI=1S/C34H32BrClF3N9O4/c1-4-25-28(31(51)48-33(43-32(35)44-48)47(25)16-26(49)42-24-11-10-22(14-23(24)36)34(37,38)39)46-13-12-45(15-19(46)2)30(50)27-29(20(3)40-18-41-27)52-17-21-8-6-5-7-9-21/h5-11,14,18-19H,4,12-13,15-17H2,1-3H3,(H,42,49)/t19-/m0/s1. The van der Waals surface area contributed by atoms with Crippen molar-refractivity contribution in [3.05, 3.63) is 103 Å². The molecule has 52 heavy (non-hydrogen) atoms. The first-order valence-corrected chi connectivity index (χ1v) is 17.3. The minimum Gasteiger partial charge on any atom is -0.485 e. The molecule has 1 saturated heterocycles. The van der Waals surface area contributed by atoms with Crippen molar-refractivity contribution in [3.8, 4) is 5.75 Å². The van der Waals surface area contributed by atoms with Crippen LogP contribution in [0.5, 0.6) is 5.75 Å². The van der Waals surface area contributed by atoms with E-state index in [1.807, 2.05) is 49.1 Å². The maximum atomic E-state index is 14.0. The summed E-state index contributed by atoms with van der Waals surface area (Å²) in [5.41, 5.74) is 0.879. The molecule has 1 aliphatic heterocycles. The van der Waals surface area contributed by atoms with Crippen LogP contribution in [0.4, 0.5) is 24.5 Å². The van der Waals surface area contributed by atoms with Crippen LogP contribution < -0.4 is 20.5 Å². The number of ether oxygens (including phenoxy) is 1. The zero-order chi connectivity index (χ0) is 37.3. The third kappa shape index (κ3) is 7.46. The molecule has 1 aliphatic rings. The lowest BCUT2D eigenvalue weighted by Gasteiger charge is -2.41. The van der Waals surface area contributed by atoms with Gasteiger partial charge in [0.2, 0.25) is 16.4 Å². The van der Waals surface area contributed by atoms with E-state index in [0.29, 0.717) is 23.6 Å². The number of nitrogens with zero attached hydrogens (tertiary/aromatic N) is 8. The summed E-state index contributed by atoms with van der Waals surface area (Å²) in [4.78, 5) is 57.6. The second kappa shape index (κ2) is 14.9. The van der Waals surface area contributed by atoms with Gasteiger partial charge in [0.15, 0.2) is 11.4 Å². The Hall–Kier alpha value is -5.03. The summed E-state index contributed by atoms with van der Waals surface area (Å²) in [5, 5.41) is 6.49. The van der Waals surface area contributed by atoms with E-state index in [-0.39, 0.29) is 77.3 Å². The number of aryl methyl sites for hydroxylation is 1. The van der Waals surface area contributed by atoms with Gasteiger partial charge in [-0.2, -0.15) is 22.7 Å². The van der Waals surface area contributed by atoms with Gasteiger partial charge in [0.05, 0.1) is 27.7 Å². The fourth-order valence-corrected chi connectivity index (χ4v) is 6.69. The number of hydrogen-bond donors (Lipinski definition) is 1. The molecule has 18 heteroatoms. The van der Waals surface area contributed by atoms with E-state index in [4.69, 9.17) is 16.3 Å². The Morgan fingerprint density at radius 3 is 2.54 bits per heavy atom. The van der Waals surface area contributed by atoms with E-state index in [1.54, 1.807) is 11.8 Å². The highest BCUT2D eigenvalue weighted by atomic mass is 79.9. The fraction of sp³-hybridized carbons (Fsp3) is 0.324. The lowest BCUT2D eigenvalue weighted by Crippen LogP contribution is -2.55. The summed E-state index contributed by atoms with van der Waals surface area (Å²) >= 11 is 9.31. The summed E-state index contributed by atoms with van der Waals surface area (Å²) in [6.45, 7) is 6.02. The van der Waals surface area contributed by atoms with Crippen molar-refractivity contribution in [3.63, 3.8) is 0 Å². The van der Waals surface area contributed by atoms with E-state index >= 15 is 0 Å². The van der Waals surface area contributed by atoms with Gasteiger partial charge in [-0.25, -0.2) is 9.97 Å². The number of carbonyl (C=O) groups excluding carboxylic acids is 2. The number of aromatic nitrogens is 6. The molecule has 3 aromatic heterocycles. The largest absolute Gasteiger partial charge is 0.485 e. The van der Waals surface area contributed by atoms with E-state index in [9.17, 15) is 27.6 Å². The predicted octanol–water partition coefficient (Wildman–Crippen LogP) is 5.56. The molecular formula is C34H32BrClF3N9O4. The first-order chi connectivity index (χ1) is 24.8. The van der Waals surface area contributed by atoms with Gasteiger partial charge in [0.1, 0.15) is 25.2 Å². The third-order valence-corrected chi connectivity index (χ3v) is 9.27. The van der Waals surface area contributed by atoms with Crippen LogP contribution in [-0.4, -0.2) is 71.5 Å². The molecule has 0 aliphatic carbocycles. The van der Waals surface area contributed by atoms with Crippen LogP contribution in [0.15, 0.2) is 64.4 Å². The molecule has 5 aromatic rings. The number of piperazine rings is 1. The van der Waals surface area contributed by atoms with Crippen molar-refractivity contribution in [2.45, 2.75) is 52.6 Å². The van der Waals surface area contributed by atoms with Crippen LogP contribution in [0, 0.1) is 6.92 Å². The number of nitrogens with one attached hydrogen (secondary N) is 1. The highest BCUT2D eigenvalue weighted by molar-refractivity contribution is 9.10. The zero-order valence-electron chi connectivity index (χ0n) is 28.1. The molecule has 6 rings (SSSR count). The van der Waals surface area contributed by atoms with Crippen molar-refractivity contribution in [2.24, 2.45) is 0 Å². The number of rotatable bonds is 9. The quantitative estimate of drug-likeness (QED) is 0.203. The van der Waals surface area contributed by atoms with Crippen LogP contribution in [-0.2, 0) is 30.5 Å². The van der Waals surface area contributed by atoms with Gasteiger partial charge in [-0.3, -0.25) is 14.4 Å². The van der Waals surface area contributed by atoms with E-state index < -0.39 is 23.2 Å². The van der Waals surface area contributed by atoms with Crippen LogP contribution in [0.3, 0.4) is 0 Å². The summed E-state index contributed by atoms with van der Waals surface area (Å²) in [6, 6.07) is 11.8. The van der Waals surface area contributed by atoms with Crippen LogP contribution in [0.25, 0.3) is 5.78 Å². The van der Waals surface area contributed by atoms with E-state index in [2.05, 4.69) is 41.3 Å². The van der Waals surface area contributed by atoms with E-state index in [1.165, 1.54) is 10.9 Å². The monoisotopic (exact) mass is 801 g/mol. The Kier molecular flexibility index (Phi) is 10.5. The maximum Gasteiger partial charge on any atom is 0.416 e. The number of carbonyl (C=O) groups is 2. The van der Waals surface area contributed by atoms with Gasteiger partial charge in [-0.1, -0.05) is 48.9 Å². The minimum absolute atomic E-state index is 0.0143. The highest BCUT2D eigenvalue weighted by Crippen LogP contribution is 2.34. The molecule has 1 N–H and O–H groups in total. The lowest BCUT2D eigenvalue weighted by atomic mass is 10.1. The number of halogens is 5.